The van der Waals surface area contributed by atoms with Gasteiger partial charge in [-0.25, -0.2) is 4.79 Å². The molecule has 4 aliphatic heterocycles. The molecule has 2 aromatic rings. The number of hydrogen-bond donors (Lipinski definition) is 2. The summed E-state index contributed by atoms with van der Waals surface area (Å²) in [6, 6.07) is 11.3. The van der Waals surface area contributed by atoms with E-state index in [0.29, 0.717) is 71.5 Å². The third-order valence-electron chi connectivity index (χ3n) is 10.8. The SMILES string of the molecule is O=C(O)CN1CCN(C2CCN(C(=O)C(CC(=O)N3CCC(N4Cc5ccccc5NC4=O)CC3)Cc3ccc(Cl)c(C(F)(F)F)c3)CC2)CC1. The van der Waals surface area contributed by atoms with Crippen molar-refractivity contribution in [2.75, 3.05) is 64.2 Å². The van der Waals surface area contributed by atoms with Gasteiger partial charge in [-0.1, -0.05) is 35.9 Å². The molecule has 4 aliphatic rings. The summed E-state index contributed by atoms with van der Waals surface area (Å²) in [5, 5.41) is 11.6. The molecule has 4 amide bonds. The second kappa shape index (κ2) is 15.8. The van der Waals surface area contributed by atoms with Crippen LogP contribution >= 0.6 is 11.6 Å². The number of aliphatic carboxylic acids is 1. The van der Waals surface area contributed by atoms with E-state index in [-0.39, 0.29) is 54.9 Å². The lowest BCUT2D eigenvalue weighted by atomic mass is 9.91. The Morgan fingerprint density at radius 1 is 0.882 bits per heavy atom. The quantitative estimate of drug-likeness (QED) is 0.386. The summed E-state index contributed by atoms with van der Waals surface area (Å²) in [6.07, 6.45) is -2.27. The molecule has 11 nitrogen and oxygen atoms in total. The molecule has 15 heteroatoms. The number of amides is 4. The molecule has 3 fully saturated rings. The van der Waals surface area contributed by atoms with Crippen molar-refractivity contribution < 1.29 is 37.5 Å². The van der Waals surface area contributed by atoms with Crippen LogP contribution in [0.25, 0.3) is 0 Å². The van der Waals surface area contributed by atoms with Gasteiger partial charge in [-0.05, 0) is 61.4 Å². The van der Waals surface area contributed by atoms with Crippen LogP contribution < -0.4 is 5.32 Å². The van der Waals surface area contributed by atoms with Crippen molar-refractivity contribution in [3.05, 3.63) is 64.2 Å². The Bertz CT molecular complexity index is 1600. The molecule has 1 atom stereocenters. The fraction of sp³-hybridized carbons (Fsp3) is 0.556. The van der Waals surface area contributed by atoms with Gasteiger partial charge in [-0.3, -0.25) is 24.2 Å². The fourth-order valence-electron chi connectivity index (χ4n) is 7.92. The molecule has 0 aromatic heterocycles. The maximum atomic E-state index is 14.1. The molecule has 51 heavy (non-hydrogen) atoms. The first kappa shape index (κ1) is 36.9. The Morgan fingerprint density at radius 2 is 1.53 bits per heavy atom. The summed E-state index contributed by atoms with van der Waals surface area (Å²) in [5.41, 5.74) is 1.12. The Morgan fingerprint density at radius 3 is 2.20 bits per heavy atom. The normalized spacial score (nSPS) is 20.5. The first-order valence-corrected chi connectivity index (χ1v) is 18.0. The number of rotatable bonds is 9. The fourth-order valence-corrected chi connectivity index (χ4v) is 8.14. The molecule has 4 heterocycles. The van der Waals surface area contributed by atoms with Crippen molar-refractivity contribution in [1.82, 2.24) is 24.5 Å². The van der Waals surface area contributed by atoms with E-state index in [4.69, 9.17) is 16.7 Å². The van der Waals surface area contributed by atoms with Crippen LogP contribution in [0.15, 0.2) is 42.5 Å². The van der Waals surface area contributed by atoms with E-state index in [1.54, 1.807) is 14.7 Å². The van der Waals surface area contributed by atoms with Gasteiger partial charge in [0.1, 0.15) is 0 Å². The number of alkyl halides is 3. The topological polar surface area (TPSA) is 117 Å². The summed E-state index contributed by atoms with van der Waals surface area (Å²) in [4.78, 5) is 61.2. The van der Waals surface area contributed by atoms with Crippen LogP contribution in [0.2, 0.25) is 5.02 Å². The zero-order valence-corrected chi connectivity index (χ0v) is 29.2. The Kier molecular flexibility index (Phi) is 11.4. The lowest BCUT2D eigenvalue weighted by molar-refractivity contribution is -0.143. The highest BCUT2D eigenvalue weighted by Crippen LogP contribution is 2.36. The highest BCUT2D eigenvalue weighted by molar-refractivity contribution is 6.31. The number of nitrogens with one attached hydrogen (secondary N) is 1. The van der Waals surface area contributed by atoms with E-state index in [0.717, 1.165) is 30.4 Å². The maximum Gasteiger partial charge on any atom is 0.417 e. The first-order chi connectivity index (χ1) is 24.4. The lowest BCUT2D eigenvalue weighted by Gasteiger charge is -2.43. The predicted octanol–water partition coefficient (Wildman–Crippen LogP) is 4.64. The van der Waals surface area contributed by atoms with Gasteiger partial charge in [-0.2, -0.15) is 13.2 Å². The van der Waals surface area contributed by atoms with Gasteiger partial charge in [0.05, 0.1) is 23.0 Å². The molecular weight excluding hydrogens is 689 g/mol. The minimum Gasteiger partial charge on any atom is -0.480 e. The minimum atomic E-state index is -4.67. The predicted molar refractivity (Wildman–Crippen MR) is 184 cm³/mol. The number of carbonyl (C=O) groups is 4. The zero-order chi connectivity index (χ0) is 36.3. The molecule has 2 N–H and O–H groups in total. The number of carboxylic acid groups (broad SMARTS) is 1. The van der Waals surface area contributed by atoms with Crippen molar-refractivity contribution in [2.45, 2.75) is 63.3 Å². The van der Waals surface area contributed by atoms with Gasteiger partial charge in [-0.15, -0.1) is 0 Å². The number of fused-ring (bicyclic) bond motifs is 1. The van der Waals surface area contributed by atoms with Gasteiger partial charge in [0.15, 0.2) is 0 Å². The van der Waals surface area contributed by atoms with Crippen molar-refractivity contribution in [2.24, 2.45) is 5.92 Å². The molecule has 2 aromatic carbocycles. The summed E-state index contributed by atoms with van der Waals surface area (Å²) < 4.78 is 41.2. The van der Waals surface area contributed by atoms with Crippen LogP contribution in [0.1, 0.15) is 48.8 Å². The van der Waals surface area contributed by atoms with Gasteiger partial charge >= 0.3 is 18.2 Å². The number of para-hydroxylation sites is 1. The van der Waals surface area contributed by atoms with E-state index >= 15 is 0 Å². The van der Waals surface area contributed by atoms with Crippen LogP contribution in [0.4, 0.5) is 23.7 Å². The summed E-state index contributed by atoms with van der Waals surface area (Å²) in [7, 11) is 0. The standard InChI is InChI=1S/C36H44ClF3N6O5/c37-30-6-5-24(20-29(30)36(38,39)40)19-26(34(50)45-13-7-27(8-14-45)43-17-15-42(16-18-43)23-33(48)49)21-32(47)44-11-9-28(10-12-44)46-22-25-3-1-2-4-31(25)41-35(46)51/h1-6,20,26-28H,7-19,21-23H2,(H,41,51)(H,48,49). The maximum absolute atomic E-state index is 14.1. The van der Waals surface area contributed by atoms with Crippen molar-refractivity contribution in [1.29, 1.82) is 0 Å². The number of anilines is 1. The van der Waals surface area contributed by atoms with Gasteiger partial charge in [0.2, 0.25) is 11.8 Å². The number of nitrogens with zero attached hydrogens (tertiary/aromatic N) is 5. The Hall–Kier alpha value is -3.88. The summed E-state index contributed by atoms with van der Waals surface area (Å²) in [5.74, 6) is -2.20. The highest BCUT2D eigenvalue weighted by Gasteiger charge is 2.37. The molecule has 6 rings (SSSR count). The third-order valence-corrected chi connectivity index (χ3v) is 11.1. The average Bonchev–Trinajstić information content (AvgIpc) is 3.11. The van der Waals surface area contributed by atoms with Gasteiger partial charge < -0.3 is 25.1 Å². The van der Waals surface area contributed by atoms with Gasteiger partial charge in [0.25, 0.3) is 0 Å². The zero-order valence-electron chi connectivity index (χ0n) is 28.4. The van der Waals surface area contributed by atoms with Gasteiger partial charge in [0, 0.05) is 83.1 Å². The summed E-state index contributed by atoms with van der Waals surface area (Å²) in [6.45, 7) is 5.04. The molecule has 0 saturated carbocycles. The van der Waals surface area contributed by atoms with Crippen molar-refractivity contribution >= 4 is 41.1 Å². The Balaban J connectivity index is 1.09. The van der Waals surface area contributed by atoms with E-state index in [1.807, 2.05) is 29.2 Å². The second-order valence-electron chi connectivity index (χ2n) is 14.0. The molecule has 0 aliphatic carbocycles. The second-order valence-corrected chi connectivity index (χ2v) is 14.4. The van der Waals surface area contributed by atoms with Crippen molar-refractivity contribution in [3.8, 4) is 0 Å². The number of hydrogen-bond acceptors (Lipinski definition) is 6. The number of carbonyl (C=O) groups excluding carboxylic acids is 3. The molecule has 3 saturated heterocycles. The van der Waals surface area contributed by atoms with Crippen molar-refractivity contribution in [3.63, 3.8) is 0 Å². The first-order valence-electron chi connectivity index (χ1n) is 17.6. The van der Waals surface area contributed by atoms with E-state index in [1.165, 1.54) is 12.1 Å². The largest absolute Gasteiger partial charge is 0.480 e. The molecule has 276 valence electrons. The van der Waals surface area contributed by atoms with Crippen LogP contribution in [-0.2, 0) is 33.5 Å². The molecule has 0 spiro atoms. The molecule has 1 unspecified atom stereocenters. The molecule has 0 bridgehead atoms. The third kappa shape index (κ3) is 8.96. The Labute approximate surface area is 300 Å². The number of likely N-dealkylation sites (tertiary alicyclic amines) is 2. The number of piperidine rings is 2. The number of halogens is 4. The molecule has 0 radical (unpaired) electrons. The van der Waals surface area contributed by atoms with Crippen LogP contribution in [0, 0.1) is 5.92 Å². The minimum absolute atomic E-state index is 0.0155. The number of urea groups is 1. The van der Waals surface area contributed by atoms with E-state index in [9.17, 15) is 32.3 Å². The summed E-state index contributed by atoms with van der Waals surface area (Å²) >= 11 is 5.88. The van der Waals surface area contributed by atoms with E-state index in [2.05, 4.69) is 10.2 Å². The number of piperazine rings is 1. The smallest absolute Gasteiger partial charge is 0.417 e. The van der Waals surface area contributed by atoms with Crippen LogP contribution in [0.3, 0.4) is 0 Å². The lowest BCUT2D eigenvalue weighted by Crippen LogP contribution is -2.55. The highest BCUT2D eigenvalue weighted by atomic mass is 35.5. The number of carboxylic acids is 1. The van der Waals surface area contributed by atoms with Crippen LogP contribution in [-0.4, -0.2) is 124 Å². The van der Waals surface area contributed by atoms with Crippen LogP contribution in [0.5, 0.6) is 0 Å². The number of benzene rings is 2. The molecular formula is C36H44ClF3N6O5. The average molecular weight is 733 g/mol. The van der Waals surface area contributed by atoms with E-state index < -0.39 is 28.6 Å². The monoisotopic (exact) mass is 732 g/mol.